The topological polar surface area (TPSA) is 136 Å². The molecule has 0 spiro atoms. The number of aromatic nitrogens is 5. The molecule has 178 valence electrons. The van der Waals surface area contributed by atoms with Crippen LogP contribution in [0.5, 0.6) is 0 Å². The SMILES string of the molecule is CC1CC(=O)NN=C1c1ccc2nc(-c3cc(-c4cnn(CC5CCCO5)c4)cnc3N)[nH]c2c1. The molecule has 2 atom stereocenters. The van der Waals surface area contributed by atoms with Gasteiger partial charge in [0, 0.05) is 48.0 Å². The first-order chi connectivity index (χ1) is 17.0. The van der Waals surface area contributed by atoms with E-state index in [1.807, 2.05) is 48.3 Å². The van der Waals surface area contributed by atoms with Gasteiger partial charge in [0.05, 0.1) is 41.2 Å². The number of H-pyrrole nitrogens is 1. The Morgan fingerprint density at radius 2 is 2.11 bits per heavy atom. The number of hydrogen-bond donors (Lipinski definition) is 3. The van der Waals surface area contributed by atoms with Crippen molar-refractivity contribution in [1.29, 1.82) is 0 Å². The molecule has 2 aliphatic rings. The summed E-state index contributed by atoms with van der Waals surface area (Å²) in [5, 5.41) is 8.76. The number of imidazole rings is 1. The third kappa shape index (κ3) is 4.17. The van der Waals surface area contributed by atoms with Gasteiger partial charge in [-0.15, -0.1) is 0 Å². The van der Waals surface area contributed by atoms with Crippen LogP contribution in [-0.2, 0) is 16.1 Å². The van der Waals surface area contributed by atoms with Crippen molar-refractivity contribution in [2.24, 2.45) is 11.0 Å². The first-order valence-corrected chi connectivity index (χ1v) is 11.8. The van der Waals surface area contributed by atoms with Gasteiger partial charge in [-0.05, 0) is 31.0 Å². The number of ether oxygens (including phenoxy) is 1. The molecule has 3 aromatic heterocycles. The fourth-order valence-corrected chi connectivity index (χ4v) is 4.73. The highest BCUT2D eigenvalue weighted by Gasteiger charge is 2.22. The van der Waals surface area contributed by atoms with E-state index < -0.39 is 0 Å². The maximum Gasteiger partial charge on any atom is 0.240 e. The summed E-state index contributed by atoms with van der Waals surface area (Å²) in [6.45, 7) is 3.57. The number of nitrogens with two attached hydrogens (primary N) is 1. The van der Waals surface area contributed by atoms with Crippen LogP contribution in [0.4, 0.5) is 5.82 Å². The minimum absolute atomic E-state index is 0.0428. The fourth-order valence-electron chi connectivity index (χ4n) is 4.73. The standard InChI is InChI=1S/C25H26N8O2/c1-14-7-22(34)31-32-23(14)15-4-5-20-21(9-15)30-25(29-20)19-8-16(10-27-24(19)26)17-11-28-33(12-17)13-18-3-2-6-35-18/h4-5,8-12,14,18H,2-3,6-7,13H2,1H3,(H2,26,27)(H,29,30)(H,31,34). The lowest BCUT2D eigenvalue weighted by Crippen LogP contribution is -2.31. The molecule has 2 unspecified atom stereocenters. The Bertz CT molecular complexity index is 1450. The summed E-state index contributed by atoms with van der Waals surface area (Å²) in [5.41, 5.74) is 14.9. The van der Waals surface area contributed by atoms with Gasteiger partial charge in [0.25, 0.3) is 0 Å². The first kappa shape index (κ1) is 21.5. The second-order valence-electron chi connectivity index (χ2n) is 9.20. The van der Waals surface area contributed by atoms with Gasteiger partial charge >= 0.3 is 0 Å². The van der Waals surface area contributed by atoms with Gasteiger partial charge in [-0.3, -0.25) is 9.48 Å². The van der Waals surface area contributed by atoms with Crippen molar-refractivity contribution in [3.63, 3.8) is 0 Å². The lowest BCUT2D eigenvalue weighted by atomic mass is 9.94. The highest BCUT2D eigenvalue weighted by molar-refractivity contribution is 6.07. The summed E-state index contributed by atoms with van der Waals surface area (Å²) in [4.78, 5) is 24.1. The second kappa shape index (κ2) is 8.62. The molecule has 6 rings (SSSR count). The highest BCUT2D eigenvalue weighted by Crippen LogP contribution is 2.30. The summed E-state index contributed by atoms with van der Waals surface area (Å²) in [7, 11) is 0. The molecule has 0 aliphatic carbocycles. The Labute approximate surface area is 201 Å². The monoisotopic (exact) mass is 470 g/mol. The van der Waals surface area contributed by atoms with Crippen LogP contribution in [0.15, 0.2) is 48.0 Å². The number of pyridine rings is 1. The number of rotatable bonds is 5. The van der Waals surface area contributed by atoms with Crippen molar-refractivity contribution < 1.29 is 9.53 Å². The number of benzene rings is 1. The number of amides is 1. The molecule has 1 amide bonds. The molecule has 1 saturated heterocycles. The molecule has 0 radical (unpaired) electrons. The molecule has 35 heavy (non-hydrogen) atoms. The van der Waals surface area contributed by atoms with Gasteiger partial charge < -0.3 is 15.5 Å². The molecule has 1 aromatic carbocycles. The first-order valence-electron chi connectivity index (χ1n) is 11.8. The number of fused-ring (bicyclic) bond motifs is 1. The predicted molar refractivity (Wildman–Crippen MR) is 132 cm³/mol. The average molecular weight is 471 g/mol. The van der Waals surface area contributed by atoms with E-state index in [1.165, 1.54) is 0 Å². The maximum absolute atomic E-state index is 11.6. The summed E-state index contributed by atoms with van der Waals surface area (Å²) < 4.78 is 7.64. The van der Waals surface area contributed by atoms with Crippen LogP contribution in [0, 0.1) is 5.92 Å². The number of anilines is 1. The van der Waals surface area contributed by atoms with Crippen LogP contribution >= 0.6 is 0 Å². The van der Waals surface area contributed by atoms with Gasteiger partial charge in [0.2, 0.25) is 5.91 Å². The smallest absolute Gasteiger partial charge is 0.240 e. The summed E-state index contributed by atoms with van der Waals surface area (Å²) in [6.07, 6.45) is 8.41. The van der Waals surface area contributed by atoms with Gasteiger partial charge in [-0.2, -0.15) is 10.2 Å². The lowest BCUT2D eigenvalue weighted by molar-refractivity contribution is -0.121. The number of carbonyl (C=O) groups is 1. The zero-order valence-electron chi connectivity index (χ0n) is 19.4. The van der Waals surface area contributed by atoms with E-state index in [1.54, 1.807) is 6.20 Å². The Hall–Kier alpha value is -4.05. The Kier molecular flexibility index (Phi) is 5.29. The molecule has 4 aromatic rings. The largest absolute Gasteiger partial charge is 0.383 e. The number of hydrogen-bond acceptors (Lipinski definition) is 7. The quantitative estimate of drug-likeness (QED) is 0.410. The lowest BCUT2D eigenvalue weighted by Gasteiger charge is -2.18. The van der Waals surface area contributed by atoms with Gasteiger partial charge in [0.15, 0.2) is 0 Å². The van der Waals surface area contributed by atoms with Crippen LogP contribution in [0.2, 0.25) is 0 Å². The minimum Gasteiger partial charge on any atom is -0.383 e. The van der Waals surface area contributed by atoms with Crippen molar-refractivity contribution in [3.05, 3.63) is 48.4 Å². The van der Waals surface area contributed by atoms with Crippen LogP contribution in [0.25, 0.3) is 33.5 Å². The number of carbonyl (C=O) groups excluding carboxylic acids is 1. The summed E-state index contributed by atoms with van der Waals surface area (Å²) >= 11 is 0. The van der Waals surface area contributed by atoms with Crippen LogP contribution in [0.3, 0.4) is 0 Å². The zero-order chi connectivity index (χ0) is 23.9. The molecule has 5 heterocycles. The average Bonchev–Trinajstić information content (AvgIpc) is 3.60. The number of nitrogens with one attached hydrogen (secondary N) is 2. The van der Waals surface area contributed by atoms with Crippen molar-refractivity contribution in [3.8, 4) is 22.5 Å². The minimum atomic E-state index is -0.0635. The number of nitrogen functional groups attached to an aromatic ring is 1. The van der Waals surface area contributed by atoms with Gasteiger partial charge in [-0.25, -0.2) is 15.4 Å². The van der Waals surface area contributed by atoms with E-state index in [0.29, 0.717) is 18.1 Å². The number of nitrogens with zero attached hydrogens (tertiary/aromatic N) is 5. The molecule has 0 bridgehead atoms. The number of hydrazone groups is 1. The third-order valence-electron chi connectivity index (χ3n) is 6.59. The van der Waals surface area contributed by atoms with Crippen molar-refractivity contribution in [2.75, 3.05) is 12.3 Å². The number of aromatic amines is 1. The Morgan fingerprint density at radius 1 is 1.20 bits per heavy atom. The molecule has 1 fully saturated rings. The molecule has 10 heteroatoms. The van der Waals surface area contributed by atoms with Crippen molar-refractivity contribution in [1.82, 2.24) is 30.2 Å². The maximum atomic E-state index is 11.6. The highest BCUT2D eigenvalue weighted by atomic mass is 16.5. The Balaban J connectivity index is 1.30. The Morgan fingerprint density at radius 3 is 2.94 bits per heavy atom. The molecule has 0 saturated carbocycles. The third-order valence-corrected chi connectivity index (χ3v) is 6.59. The van der Waals surface area contributed by atoms with Crippen molar-refractivity contribution >= 4 is 28.5 Å². The molecular formula is C25H26N8O2. The summed E-state index contributed by atoms with van der Waals surface area (Å²) in [5.74, 6) is 1.02. The normalized spacial score (nSPS) is 20.3. The van der Waals surface area contributed by atoms with E-state index in [0.717, 1.165) is 65.0 Å². The van der Waals surface area contributed by atoms with E-state index in [9.17, 15) is 4.79 Å². The van der Waals surface area contributed by atoms with Crippen LogP contribution in [0.1, 0.15) is 31.7 Å². The van der Waals surface area contributed by atoms with Gasteiger partial charge in [-0.1, -0.05) is 13.0 Å². The molecule has 10 nitrogen and oxygen atoms in total. The second-order valence-corrected chi connectivity index (χ2v) is 9.20. The van der Waals surface area contributed by atoms with Crippen LogP contribution < -0.4 is 11.2 Å². The van der Waals surface area contributed by atoms with Crippen LogP contribution in [-0.4, -0.2) is 49.1 Å². The van der Waals surface area contributed by atoms with Gasteiger partial charge in [0.1, 0.15) is 11.6 Å². The zero-order valence-corrected chi connectivity index (χ0v) is 19.4. The predicted octanol–water partition coefficient (Wildman–Crippen LogP) is 3.11. The van der Waals surface area contributed by atoms with E-state index in [2.05, 4.69) is 25.6 Å². The van der Waals surface area contributed by atoms with E-state index in [-0.39, 0.29) is 17.9 Å². The summed E-state index contributed by atoms with van der Waals surface area (Å²) in [6, 6.07) is 7.90. The fraction of sp³-hybridized carbons (Fsp3) is 0.320. The van der Waals surface area contributed by atoms with E-state index >= 15 is 0 Å². The van der Waals surface area contributed by atoms with E-state index in [4.69, 9.17) is 15.5 Å². The molecule has 4 N–H and O–H groups in total. The molecule has 2 aliphatic heterocycles. The van der Waals surface area contributed by atoms with Crippen molar-refractivity contribution in [2.45, 2.75) is 38.8 Å². The molecular weight excluding hydrogens is 444 g/mol.